The summed E-state index contributed by atoms with van der Waals surface area (Å²) in [4.78, 5) is 23.4. The molecule has 0 radical (unpaired) electrons. The highest BCUT2D eigenvalue weighted by atomic mass is 16.1. The summed E-state index contributed by atoms with van der Waals surface area (Å²) in [7, 11) is 0. The topological polar surface area (TPSA) is 81.8 Å². The van der Waals surface area contributed by atoms with Crippen LogP contribution in [0.2, 0.25) is 0 Å². The average Bonchev–Trinajstić information content (AvgIpc) is 2.29. The van der Waals surface area contributed by atoms with Gasteiger partial charge in [-0.15, -0.1) is 0 Å². The lowest BCUT2D eigenvalue weighted by Crippen LogP contribution is -2.14. The fourth-order valence-electron chi connectivity index (χ4n) is 1.41. The maximum absolute atomic E-state index is 11.2. The van der Waals surface area contributed by atoms with E-state index in [1.54, 1.807) is 31.3 Å². The van der Waals surface area contributed by atoms with E-state index in [1.807, 2.05) is 0 Å². The molecule has 5 nitrogen and oxygen atoms in total. The number of pyridine rings is 1. The zero-order valence-electron chi connectivity index (χ0n) is 8.71. The molecule has 0 atom stereocenters. The second-order valence-corrected chi connectivity index (χ2v) is 3.25. The van der Waals surface area contributed by atoms with E-state index in [-0.39, 0.29) is 5.69 Å². The molecule has 16 heavy (non-hydrogen) atoms. The summed E-state index contributed by atoms with van der Waals surface area (Å²) < 4.78 is 0. The minimum absolute atomic E-state index is 0.223. The SMILES string of the molecule is Cc1nccc(-c2cccnc2C(N)=O)n1. The summed E-state index contributed by atoms with van der Waals surface area (Å²) >= 11 is 0. The average molecular weight is 214 g/mol. The van der Waals surface area contributed by atoms with Gasteiger partial charge in [0.15, 0.2) is 0 Å². The summed E-state index contributed by atoms with van der Waals surface area (Å²) in [6.07, 6.45) is 3.16. The van der Waals surface area contributed by atoms with Crippen molar-refractivity contribution in [1.29, 1.82) is 0 Å². The van der Waals surface area contributed by atoms with Crippen molar-refractivity contribution in [2.45, 2.75) is 6.92 Å². The number of nitrogens with zero attached hydrogens (tertiary/aromatic N) is 3. The van der Waals surface area contributed by atoms with Crippen LogP contribution in [0.5, 0.6) is 0 Å². The first-order valence-corrected chi connectivity index (χ1v) is 4.73. The quantitative estimate of drug-likeness (QED) is 0.806. The molecule has 0 aliphatic rings. The fourth-order valence-corrected chi connectivity index (χ4v) is 1.41. The number of aryl methyl sites for hydroxylation is 1. The predicted octanol–water partition coefficient (Wildman–Crippen LogP) is 0.946. The van der Waals surface area contributed by atoms with E-state index in [9.17, 15) is 4.79 Å². The summed E-state index contributed by atoms with van der Waals surface area (Å²) in [6, 6.07) is 5.21. The first-order valence-electron chi connectivity index (χ1n) is 4.73. The van der Waals surface area contributed by atoms with Gasteiger partial charge >= 0.3 is 0 Å². The molecule has 1 amide bonds. The Morgan fingerprint density at radius 1 is 1.25 bits per heavy atom. The minimum Gasteiger partial charge on any atom is -0.364 e. The largest absolute Gasteiger partial charge is 0.364 e. The molecule has 2 rings (SSSR count). The molecule has 0 aliphatic heterocycles. The van der Waals surface area contributed by atoms with Crippen molar-refractivity contribution < 1.29 is 4.79 Å². The first kappa shape index (κ1) is 10.2. The Morgan fingerprint density at radius 3 is 2.75 bits per heavy atom. The number of hydrogen-bond acceptors (Lipinski definition) is 4. The van der Waals surface area contributed by atoms with Crippen molar-refractivity contribution in [3.8, 4) is 11.3 Å². The van der Waals surface area contributed by atoms with Crippen LogP contribution in [0.1, 0.15) is 16.3 Å². The van der Waals surface area contributed by atoms with Crippen LogP contribution in [-0.4, -0.2) is 20.9 Å². The molecular formula is C11H10N4O. The van der Waals surface area contributed by atoms with E-state index in [0.29, 0.717) is 17.1 Å². The lowest BCUT2D eigenvalue weighted by molar-refractivity contribution is 0.0996. The summed E-state index contributed by atoms with van der Waals surface area (Å²) in [5.74, 6) is 0.0728. The third-order valence-corrected chi connectivity index (χ3v) is 2.09. The molecule has 2 N–H and O–H groups in total. The number of rotatable bonds is 2. The van der Waals surface area contributed by atoms with Gasteiger partial charge in [-0.05, 0) is 25.1 Å². The summed E-state index contributed by atoms with van der Waals surface area (Å²) in [5.41, 5.74) is 6.74. The molecule has 2 heterocycles. The number of amides is 1. The molecule has 0 aliphatic carbocycles. The predicted molar refractivity (Wildman–Crippen MR) is 58.5 cm³/mol. The third kappa shape index (κ3) is 1.88. The summed E-state index contributed by atoms with van der Waals surface area (Å²) in [6.45, 7) is 1.78. The normalized spacial score (nSPS) is 10.1. The van der Waals surface area contributed by atoms with Gasteiger partial charge in [0.25, 0.3) is 5.91 Å². The molecule has 0 aromatic carbocycles. The van der Waals surface area contributed by atoms with Crippen LogP contribution in [0, 0.1) is 6.92 Å². The smallest absolute Gasteiger partial charge is 0.268 e. The van der Waals surface area contributed by atoms with Gasteiger partial charge in [-0.2, -0.15) is 0 Å². The monoisotopic (exact) mass is 214 g/mol. The molecule has 0 bridgehead atoms. The van der Waals surface area contributed by atoms with Crippen LogP contribution < -0.4 is 5.73 Å². The number of carbonyl (C=O) groups excluding carboxylic acids is 1. The van der Waals surface area contributed by atoms with E-state index in [0.717, 1.165) is 0 Å². The fraction of sp³-hybridized carbons (Fsp3) is 0.0909. The summed E-state index contributed by atoms with van der Waals surface area (Å²) in [5, 5.41) is 0. The van der Waals surface area contributed by atoms with Gasteiger partial charge in [-0.25, -0.2) is 9.97 Å². The molecule has 0 saturated heterocycles. The van der Waals surface area contributed by atoms with Gasteiger partial charge in [0.1, 0.15) is 11.5 Å². The standard InChI is InChI=1S/C11H10N4O/c1-7-13-6-4-9(15-7)8-3-2-5-14-10(8)11(12)16/h2-6H,1H3,(H2,12,16). The molecule has 80 valence electrons. The zero-order valence-corrected chi connectivity index (χ0v) is 8.71. The van der Waals surface area contributed by atoms with E-state index in [4.69, 9.17) is 5.73 Å². The Labute approximate surface area is 92.4 Å². The highest BCUT2D eigenvalue weighted by Crippen LogP contribution is 2.19. The zero-order chi connectivity index (χ0) is 11.5. The molecular weight excluding hydrogens is 204 g/mol. The van der Waals surface area contributed by atoms with E-state index in [2.05, 4.69) is 15.0 Å². The van der Waals surface area contributed by atoms with Crippen LogP contribution in [0.25, 0.3) is 11.3 Å². The van der Waals surface area contributed by atoms with Gasteiger partial charge in [-0.1, -0.05) is 0 Å². The molecule has 0 spiro atoms. The van der Waals surface area contributed by atoms with Gasteiger partial charge in [0, 0.05) is 18.0 Å². The van der Waals surface area contributed by atoms with Crippen LogP contribution in [0.4, 0.5) is 0 Å². The Morgan fingerprint density at radius 2 is 2.06 bits per heavy atom. The highest BCUT2D eigenvalue weighted by Gasteiger charge is 2.11. The van der Waals surface area contributed by atoms with E-state index >= 15 is 0 Å². The molecule has 2 aromatic heterocycles. The number of primary amides is 1. The van der Waals surface area contributed by atoms with E-state index in [1.165, 1.54) is 6.20 Å². The Bertz CT molecular complexity index is 539. The van der Waals surface area contributed by atoms with Gasteiger partial charge < -0.3 is 5.73 Å². The number of carbonyl (C=O) groups is 1. The van der Waals surface area contributed by atoms with Crippen molar-refractivity contribution in [3.05, 3.63) is 42.1 Å². The first-order chi connectivity index (χ1) is 7.68. The Balaban J connectivity index is 2.60. The molecule has 5 heteroatoms. The van der Waals surface area contributed by atoms with Crippen LogP contribution in [-0.2, 0) is 0 Å². The third-order valence-electron chi connectivity index (χ3n) is 2.09. The van der Waals surface area contributed by atoms with Crippen LogP contribution in [0.3, 0.4) is 0 Å². The Hall–Kier alpha value is -2.30. The van der Waals surface area contributed by atoms with Crippen molar-refractivity contribution in [2.24, 2.45) is 5.73 Å². The van der Waals surface area contributed by atoms with Crippen molar-refractivity contribution in [2.75, 3.05) is 0 Å². The molecule has 2 aromatic rings. The highest BCUT2D eigenvalue weighted by molar-refractivity contribution is 5.97. The van der Waals surface area contributed by atoms with Crippen molar-refractivity contribution >= 4 is 5.91 Å². The van der Waals surface area contributed by atoms with Crippen LogP contribution in [0.15, 0.2) is 30.6 Å². The van der Waals surface area contributed by atoms with Crippen LogP contribution >= 0.6 is 0 Å². The molecule has 0 unspecified atom stereocenters. The van der Waals surface area contributed by atoms with Crippen molar-refractivity contribution in [1.82, 2.24) is 15.0 Å². The van der Waals surface area contributed by atoms with Crippen molar-refractivity contribution in [3.63, 3.8) is 0 Å². The maximum Gasteiger partial charge on any atom is 0.268 e. The number of nitrogens with two attached hydrogens (primary N) is 1. The maximum atomic E-state index is 11.2. The van der Waals surface area contributed by atoms with Gasteiger partial charge in [0.2, 0.25) is 0 Å². The lowest BCUT2D eigenvalue weighted by atomic mass is 10.1. The second kappa shape index (κ2) is 4.06. The minimum atomic E-state index is -0.563. The lowest BCUT2D eigenvalue weighted by Gasteiger charge is -2.04. The molecule has 0 fully saturated rings. The van der Waals surface area contributed by atoms with Gasteiger partial charge in [-0.3, -0.25) is 9.78 Å². The van der Waals surface area contributed by atoms with E-state index < -0.39 is 5.91 Å². The number of hydrogen-bond donors (Lipinski definition) is 1. The number of aromatic nitrogens is 3. The second-order valence-electron chi connectivity index (χ2n) is 3.25. The molecule has 0 saturated carbocycles. The van der Waals surface area contributed by atoms with Gasteiger partial charge in [0.05, 0.1) is 5.69 Å². The Kier molecular flexibility index (Phi) is 2.59.